The van der Waals surface area contributed by atoms with Gasteiger partial charge in [-0.1, -0.05) is 141 Å². The van der Waals surface area contributed by atoms with Gasteiger partial charge in [0.1, 0.15) is 5.01 Å². The maximum absolute atomic E-state index is 5.10. The molecule has 3 aromatic heterocycles. The maximum Gasteiger partial charge on any atom is 0.238 e. The van der Waals surface area contributed by atoms with Crippen molar-refractivity contribution in [1.29, 1.82) is 0 Å². The maximum atomic E-state index is 5.10. The van der Waals surface area contributed by atoms with Crippen LogP contribution in [0.4, 0.5) is 0 Å². The van der Waals surface area contributed by atoms with Crippen molar-refractivity contribution in [1.82, 2.24) is 24.5 Å². The molecule has 0 saturated heterocycles. The monoisotopic (exact) mass is 723 g/mol. The van der Waals surface area contributed by atoms with Gasteiger partial charge in [0.2, 0.25) is 5.95 Å². The van der Waals surface area contributed by atoms with E-state index in [9.17, 15) is 0 Å². The van der Waals surface area contributed by atoms with Gasteiger partial charge in [0.05, 0.1) is 21.3 Å². The molecule has 0 atom stereocenters. The Bertz CT molecular complexity index is 3050. The Morgan fingerprint density at radius 3 is 1.75 bits per heavy atom. The van der Waals surface area contributed by atoms with Crippen LogP contribution < -0.4 is 0 Å². The minimum Gasteiger partial charge on any atom is -0.278 e. The van der Waals surface area contributed by atoms with E-state index in [4.69, 9.17) is 19.9 Å². The van der Waals surface area contributed by atoms with Crippen molar-refractivity contribution in [2.24, 2.45) is 0 Å². The molecule has 5 nitrogen and oxygen atoms in total. The van der Waals surface area contributed by atoms with Gasteiger partial charge in [-0.15, -0.1) is 11.3 Å². The zero-order valence-electron chi connectivity index (χ0n) is 30.2. The third-order valence-corrected chi connectivity index (χ3v) is 12.2. The van der Waals surface area contributed by atoms with Gasteiger partial charge >= 0.3 is 0 Å². The summed E-state index contributed by atoms with van der Waals surface area (Å²) in [4.78, 5) is 20.2. The second-order valence-corrected chi connectivity index (χ2v) is 15.8. The lowest BCUT2D eigenvalue weighted by atomic mass is 9.81. The molecule has 55 heavy (non-hydrogen) atoms. The molecule has 0 spiro atoms. The lowest BCUT2D eigenvalue weighted by Crippen LogP contribution is -2.15. The van der Waals surface area contributed by atoms with Crippen LogP contribution in [0.5, 0.6) is 0 Å². The highest BCUT2D eigenvalue weighted by molar-refractivity contribution is 7.21. The largest absolute Gasteiger partial charge is 0.278 e. The van der Waals surface area contributed by atoms with E-state index in [-0.39, 0.29) is 5.41 Å². The Morgan fingerprint density at radius 1 is 0.455 bits per heavy atom. The van der Waals surface area contributed by atoms with Gasteiger partial charge in [-0.25, -0.2) is 9.97 Å². The second-order valence-electron chi connectivity index (χ2n) is 14.7. The summed E-state index contributed by atoms with van der Waals surface area (Å²) in [5.41, 5.74) is 13.7. The number of thiazole rings is 1. The summed E-state index contributed by atoms with van der Waals surface area (Å²) in [6, 6.07) is 57.7. The first kappa shape index (κ1) is 31.7. The smallest absolute Gasteiger partial charge is 0.238 e. The Kier molecular flexibility index (Phi) is 7.00. The normalized spacial score (nSPS) is 13.1. The van der Waals surface area contributed by atoms with Crippen LogP contribution in [0.15, 0.2) is 164 Å². The van der Waals surface area contributed by atoms with Crippen LogP contribution in [0, 0.1) is 0 Å². The lowest BCUT2D eigenvalue weighted by molar-refractivity contribution is 0.661. The van der Waals surface area contributed by atoms with E-state index < -0.39 is 0 Å². The van der Waals surface area contributed by atoms with E-state index in [0.717, 1.165) is 49.0 Å². The first-order valence-electron chi connectivity index (χ1n) is 18.6. The quantitative estimate of drug-likeness (QED) is 0.177. The first-order valence-corrected chi connectivity index (χ1v) is 19.4. The molecular weight excluding hydrogens is 691 g/mol. The van der Waals surface area contributed by atoms with Crippen molar-refractivity contribution < 1.29 is 0 Å². The van der Waals surface area contributed by atoms with E-state index in [0.29, 0.717) is 17.6 Å². The third-order valence-electron chi connectivity index (χ3n) is 11.1. The molecular formula is C49H33N5S. The Morgan fingerprint density at radius 2 is 1.04 bits per heavy atom. The number of fused-ring (bicyclic) bond motifs is 7. The molecule has 0 aliphatic heterocycles. The van der Waals surface area contributed by atoms with Crippen LogP contribution in [-0.4, -0.2) is 24.5 Å². The average molecular weight is 724 g/mol. The number of benzene rings is 7. The number of para-hydroxylation sites is 1. The standard InChI is InChI=1S/C49H33N5S/c1-49(2)39-27-34(22-24-35(39)37-28-41-44(29-40(37)49)55-47(50-41)32-18-10-5-11-19-32)33-23-25-43-38(26-33)36-20-12-13-21-42(36)54(43)48-52-45(30-14-6-3-7-15-30)51-46(53-48)31-16-8-4-9-17-31/h3-29H,1-2H3. The molecule has 0 fully saturated rings. The van der Waals surface area contributed by atoms with E-state index in [1.54, 1.807) is 11.3 Å². The Labute approximate surface area is 322 Å². The molecule has 7 aromatic carbocycles. The van der Waals surface area contributed by atoms with Gasteiger partial charge in [0.15, 0.2) is 11.6 Å². The van der Waals surface area contributed by atoms with Gasteiger partial charge in [0, 0.05) is 32.9 Å². The molecule has 6 heteroatoms. The minimum atomic E-state index is -0.155. The fourth-order valence-electron chi connectivity index (χ4n) is 8.30. The van der Waals surface area contributed by atoms with E-state index in [2.05, 4.69) is 122 Å². The number of aromatic nitrogens is 5. The Balaban J connectivity index is 1.04. The van der Waals surface area contributed by atoms with Crippen molar-refractivity contribution in [3.8, 4) is 61.5 Å². The summed E-state index contributed by atoms with van der Waals surface area (Å²) in [5, 5.41) is 3.37. The zero-order chi connectivity index (χ0) is 36.7. The summed E-state index contributed by atoms with van der Waals surface area (Å²) in [5.74, 6) is 1.87. The molecule has 0 amide bonds. The van der Waals surface area contributed by atoms with Crippen molar-refractivity contribution in [3.63, 3.8) is 0 Å². The fourth-order valence-corrected chi connectivity index (χ4v) is 9.30. The first-order chi connectivity index (χ1) is 27.0. The lowest BCUT2D eigenvalue weighted by Gasteiger charge is -2.22. The van der Waals surface area contributed by atoms with E-state index in [1.807, 2.05) is 60.7 Å². The van der Waals surface area contributed by atoms with Crippen molar-refractivity contribution in [3.05, 3.63) is 175 Å². The molecule has 0 unspecified atom stereocenters. The topological polar surface area (TPSA) is 56.5 Å². The van der Waals surface area contributed by atoms with Crippen LogP contribution in [0.3, 0.4) is 0 Å². The highest BCUT2D eigenvalue weighted by Crippen LogP contribution is 2.51. The van der Waals surface area contributed by atoms with Crippen LogP contribution in [0.25, 0.3) is 93.6 Å². The Hall–Kier alpha value is -6.76. The summed E-state index contributed by atoms with van der Waals surface area (Å²) in [6.07, 6.45) is 0. The van der Waals surface area contributed by atoms with Crippen molar-refractivity contribution in [2.45, 2.75) is 19.3 Å². The van der Waals surface area contributed by atoms with Crippen LogP contribution in [0.2, 0.25) is 0 Å². The molecule has 260 valence electrons. The van der Waals surface area contributed by atoms with Crippen LogP contribution >= 0.6 is 11.3 Å². The average Bonchev–Trinajstić information content (AvgIpc) is 3.88. The SMILES string of the molecule is CC1(C)c2cc(-c3ccc4c(c3)c3ccccc3n4-c3nc(-c4ccccc4)nc(-c4ccccc4)n3)ccc2-c2cc3nc(-c4ccccc4)sc3cc21. The molecule has 11 rings (SSSR count). The number of hydrogen-bond donors (Lipinski definition) is 0. The molecule has 0 saturated carbocycles. The molecule has 1 aliphatic rings. The molecule has 3 heterocycles. The summed E-state index contributed by atoms with van der Waals surface area (Å²) >= 11 is 1.77. The summed E-state index contributed by atoms with van der Waals surface area (Å²) in [7, 11) is 0. The van der Waals surface area contributed by atoms with Crippen LogP contribution in [-0.2, 0) is 5.41 Å². The molecule has 0 radical (unpaired) electrons. The minimum absolute atomic E-state index is 0.155. The highest BCUT2D eigenvalue weighted by Gasteiger charge is 2.36. The van der Waals surface area contributed by atoms with Gasteiger partial charge in [-0.2, -0.15) is 9.97 Å². The van der Waals surface area contributed by atoms with Crippen molar-refractivity contribution >= 4 is 43.4 Å². The fraction of sp³-hybridized carbons (Fsp3) is 0.0612. The number of rotatable bonds is 5. The molecule has 10 aromatic rings. The van der Waals surface area contributed by atoms with Crippen molar-refractivity contribution in [2.75, 3.05) is 0 Å². The molecule has 0 N–H and O–H groups in total. The molecule has 1 aliphatic carbocycles. The predicted octanol–water partition coefficient (Wildman–Crippen LogP) is 12.6. The van der Waals surface area contributed by atoms with Gasteiger partial charge in [-0.3, -0.25) is 4.57 Å². The second kappa shape index (κ2) is 12.1. The zero-order valence-corrected chi connectivity index (χ0v) is 31.0. The number of hydrogen-bond acceptors (Lipinski definition) is 5. The van der Waals surface area contributed by atoms with Gasteiger partial charge in [-0.05, 0) is 69.8 Å². The van der Waals surface area contributed by atoms with E-state index >= 15 is 0 Å². The number of nitrogens with zero attached hydrogens (tertiary/aromatic N) is 5. The third kappa shape index (κ3) is 5.06. The molecule has 0 bridgehead atoms. The van der Waals surface area contributed by atoms with Gasteiger partial charge in [0.25, 0.3) is 0 Å². The predicted molar refractivity (Wildman–Crippen MR) is 227 cm³/mol. The van der Waals surface area contributed by atoms with Crippen LogP contribution in [0.1, 0.15) is 25.0 Å². The van der Waals surface area contributed by atoms with Gasteiger partial charge < -0.3 is 0 Å². The summed E-state index contributed by atoms with van der Waals surface area (Å²) < 4.78 is 3.41. The van der Waals surface area contributed by atoms with E-state index in [1.165, 1.54) is 38.1 Å². The highest BCUT2D eigenvalue weighted by atomic mass is 32.1. The summed E-state index contributed by atoms with van der Waals surface area (Å²) in [6.45, 7) is 4.71.